The average Bonchev–Trinajstić information content (AvgIpc) is 2.68. The van der Waals surface area contributed by atoms with Gasteiger partial charge in [0, 0.05) is 6.42 Å². The molecule has 0 aliphatic heterocycles. The number of carboxylic acids is 1. The first-order valence-corrected chi connectivity index (χ1v) is 12.8. The molecule has 6 nitrogen and oxygen atoms in total. The second-order valence-electron chi connectivity index (χ2n) is 9.65. The van der Waals surface area contributed by atoms with Crippen LogP contribution in [0.25, 0.3) is 0 Å². The Hall–Kier alpha value is -1.59. The van der Waals surface area contributed by atoms with E-state index in [4.69, 9.17) is 15.6 Å². The number of primary amides is 1. The van der Waals surface area contributed by atoms with E-state index in [2.05, 4.69) is 6.92 Å². The Labute approximate surface area is 197 Å². The number of ether oxygens (including phenoxy) is 1. The van der Waals surface area contributed by atoms with E-state index in [-0.39, 0.29) is 18.7 Å². The van der Waals surface area contributed by atoms with Crippen molar-refractivity contribution in [2.45, 2.75) is 149 Å². The van der Waals surface area contributed by atoms with Gasteiger partial charge in [0.05, 0.1) is 12.8 Å². The lowest BCUT2D eigenvalue weighted by Crippen LogP contribution is -2.24. The maximum absolute atomic E-state index is 10.9. The van der Waals surface area contributed by atoms with Gasteiger partial charge in [-0.15, -0.1) is 0 Å². The lowest BCUT2D eigenvalue weighted by Gasteiger charge is -2.18. The molecule has 3 N–H and O–H groups in total. The van der Waals surface area contributed by atoms with Gasteiger partial charge in [0.1, 0.15) is 5.60 Å². The highest BCUT2D eigenvalue weighted by atomic mass is 16.6. The standard InChI is InChI=1S/C18H37NO.C8H14O4/c1-2-3-4-5-6-7-8-9-10-11-12-13-14-15-16-17-18(19)20;1-8(2,3)12-7(11)5-4-6(9)10/h2-17H2,1H3,(H2,19,20);4-5H2,1-3H3,(H,9,10). The van der Waals surface area contributed by atoms with Crippen LogP contribution in [0.1, 0.15) is 143 Å². The summed E-state index contributed by atoms with van der Waals surface area (Å²) in [5.41, 5.74) is 4.58. The van der Waals surface area contributed by atoms with Crippen LogP contribution in [0.15, 0.2) is 0 Å². The number of rotatable bonds is 19. The molecule has 0 aromatic heterocycles. The van der Waals surface area contributed by atoms with Gasteiger partial charge in [0.25, 0.3) is 0 Å². The smallest absolute Gasteiger partial charge is 0.306 e. The molecular weight excluding hydrogens is 406 g/mol. The summed E-state index contributed by atoms with van der Waals surface area (Å²) in [6.07, 6.45) is 20.6. The number of unbranched alkanes of at least 4 members (excludes halogenated alkanes) is 14. The minimum atomic E-state index is -0.985. The zero-order chi connectivity index (χ0) is 24.7. The number of carbonyl (C=O) groups is 3. The minimum Gasteiger partial charge on any atom is -0.481 e. The number of hydrogen-bond acceptors (Lipinski definition) is 4. The summed E-state index contributed by atoms with van der Waals surface area (Å²) in [4.78, 5) is 31.5. The van der Waals surface area contributed by atoms with Crippen molar-refractivity contribution in [3.05, 3.63) is 0 Å². The SMILES string of the molecule is CC(C)(C)OC(=O)CCC(=O)O.CCCCCCCCCCCCCCCCCC(N)=O. The van der Waals surface area contributed by atoms with Crippen molar-refractivity contribution in [1.29, 1.82) is 0 Å². The predicted molar refractivity (Wildman–Crippen MR) is 131 cm³/mol. The van der Waals surface area contributed by atoms with E-state index < -0.39 is 17.5 Å². The molecule has 0 bridgehead atoms. The van der Waals surface area contributed by atoms with Crippen LogP contribution in [0.2, 0.25) is 0 Å². The first-order valence-electron chi connectivity index (χ1n) is 12.8. The van der Waals surface area contributed by atoms with Crippen molar-refractivity contribution in [2.75, 3.05) is 0 Å². The van der Waals surface area contributed by atoms with Gasteiger partial charge < -0.3 is 15.6 Å². The summed E-state index contributed by atoms with van der Waals surface area (Å²) in [6.45, 7) is 7.50. The van der Waals surface area contributed by atoms with Crippen LogP contribution >= 0.6 is 0 Å². The molecule has 0 rings (SSSR count). The summed E-state index contributed by atoms with van der Waals surface area (Å²) >= 11 is 0. The summed E-state index contributed by atoms with van der Waals surface area (Å²) in [6, 6.07) is 0. The highest BCUT2D eigenvalue weighted by molar-refractivity contribution is 5.76. The van der Waals surface area contributed by atoms with Crippen LogP contribution < -0.4 is 5.73 Å². The number of carboxylic acid groups (broad SMARTS) is 1. The van der Waals surface area contributed by atoms with Gasteiger partial charge in [-0.3, -0.25) is 14.4 Å². The van der Waals surface area contributed by atoms with Gasteiger partial charge in [0.15, 0.2) is 0 Å². The number of hydrogen-bond donors (Lipinski definition) is 2. The third kappa shape index (κ3) is 33.1. The fourth-order valence-electron chi connectivity index (χ4n) is 3.27. The van der Waals surface area contributed by atoms with Crippen LogP contribution in [0.4, 0.5) is 0 Å². The molecule has 0 saturated heterocycles. The topological polar surface area (TPSA) is 107 Å². The van der Waals surface area contributed by atoms with E-state index in [1.165, 1.54) is 89.9 Å². The summed E-state index contributed by atoms with van der Waals surface area (Å²) in [7, 11) is 0. The monoisotopic (exact) mass is 457 g/mol. The number of esters is 1. The van der Waals surface area contributed by atoms with Gasteiger partial charge in [-0.1, -0.05) is 96.8 Å². The molecule has 0 radical (unpaired) electrons. The average molecular weight is 458 g/mol. The third-order valence-corrected chi connectivity index (χ3v) is 4.99. The zero-order valence-electron chi connectivity index (χ0n) is 21.4. The second kappa shape index (κ2) is 22.6. The minimum absolute atomic E-state index is 0.0629. The molecule has 0 atom stereocenters. The van der Waals surface area contributed by atoms with E-state index >= 15 is 0 Å². The van der Waals surface area contributed by atoms with E-state index in [0.29, 0.717) is 6.42 Å². The first kappa shape index (κ1) is 32.6. The predicted octanol–water partition coefficient (Wildman–Crippen LogP) is 6.93. The number of nitrogens with two attached hydrogens (primary N) is 1. The number of amides is 1. The highest BCUT2D eigenvalue weighted by Crippen LogP contribution is 2.13. The maximum atomic E-state index is 10.9. The fourth-order valence-corrected chi connectivity index (χ4v) is 3.27. The molecule has 6 heteroatoms. The van der Waals surface area contributed by atoms with E-state index in [1.54, 1.807) is 20.8 Å². The van der Waals surface area contributed by atoms with E-state index in [0.717, 1.165) is 6.42 Å². The molecule has 0 aromatic carbocycles. The van der Waals surface area contributed by atoms with Gasteiger partial charge in [-0.25, -0.2) is 0 Å². The number of aliphatic carboxylic acids is 1. The lowest BCUT2D eigenvalue weighted by atomic mass is 10.0. The maximum Gasteiger partial charge on any atom is 0.306 e. The molecule has 0 saturated carbocycles. The van der Waals surface area contributed by atoms with Crippen LogP contribution in [-0.2, 0) is 19.1 Å². The molecule has 0 aromatic rings. The molecular formula is C26H51NO5. The molecule has 0 heterocycles. The van der Waals surface area contributed by atoms with Crippen LogP contribution in [-0.4, -0.2) is 28.6 Å². The van der Waals surface area contributed by atoms with Crippen molar-refractivity contribution < 1.29 is 24.2 Å². The highest BCUT2D eigenvalue weighted by Gasteiger charge is 2.16. The molecule has 0 spiro atoms. The Morgan fingerprint density at radius 3 is 1.34 bits per heavy atom. The van der Waals surface area contributed by atoms with Crippen LogP contribution in [0.3, 0.4) is 0 Å². The summed E-state index contributed by atoms with van der Waals surface area (Å²) in [5.74, 6) is -1.61. The molecule has 32 heavy (non-hydrogen) atoms. The van der Waals surface area contributed by atoms with E-state index in [9.17, 15) is 14.4 Å². The second-order valence-corrected chi connectivity index (χ2v) is 9.65. The quantitative estimate of drug-likeness (QED) is 0.162. The van der Waals surface area contributed by atoms with E-state index in [1.807, 2.05) is 0 Å². The van der Waals surface area contributed by atoms with Gasteiger partial charge >= 0.3 is 11.9 Å². The molecule has 0 aliphatic carbocycles. The zero-order valence-corrected chi connectivity index (χ0v) is 21.4. The summed E-state index contributed by atoms with van der Waals surface area (Å²) in [5, 5.41) is 8.25. The molecule has 190 valence electrons. The van der Waals surface area contributed by atoms with Gasteiger partial charge in [0.2, 0.25) is 5.91 Å². The third-order valence-electron chi connectivity index (χ3n) is 4.99. The van der Waals surface area contributed by atoms with Gasteiger partial charge in [-0.2, -0.15) is 0 Å². The van der Waals surface area contributed by atoms with Crippen molar-refractivity contribution in [3.8, 4) is 0 Å². The Morgan fingerprint density at radius 2 is 1.03 bits per heavy atom. The van der Waals surface area contributed by atoms with Crippen molar-refractivity contribution in [3.63, 3.8) is 0 Å². The van der Waals surface area contributed by atoms with Gasteiger partial charge in [-0.05, 0) is 27.2 Å². The molecule has 0 unspecified atom stereocenters. The number of carbonyl (C=O) groups excluding carboxylic acids is 2. The Bertz CT molecular complexity index is 471. The lowest BCUT2D eigenvalue weighted by molar-refractivity contribution is -0.157. The largest absolute Gasteiger partial charge is 0.481 e. The Kier molecular flexibility index (Phi) is 23.0. The normalized spacial score (nSPS) is 10.9. The Morgan fingerprint density at radius 1 is 0.656 bits per heavy atom. The van der Waals surface area contributed by atoms with Crippen molar-refractivity contribution in [2.24, 2.45) is 5.73 Å². The molecule has 0 aliphatic rings. The molecule has 0 fully saturated rings. The Balaban J connectivity index is 0. The van der Waals surface area contributed by atoms with Crippen molar-refractivity contribution >= 4 is 17.8 Å². The van der Waals surface area contributed by atoms with Crippen molar-refractivity contribution in [1.82, 2.24) is 0 Å². The van der Waals surface area contributed by atoms with Crippen LogP contribution in [0, 0.1) is 0 Å². The fraction of sp³-hybridized carbons (Fsp3) is 0.885. The molecule has 1 amide bonds. The first-order chi connectivity index (χ1) is 15.1. The summed E-state index contributed by atoms with van der Waals surface area (Å²) < 4.78 is 4.89. The van der Waals surface area contributed by atoms with Crippen LogP contribution in [0.5, 0.6) is 0 Å².